The van der Waals surface area contributed by atoms with E-state index in [9.17, 15) is 4.79 Å². The van der Waals surface area contributed by atoms with E-state index in [-0.39, 0.29) is 5.91 Å². The summed E-state index contributed by atoms with van der Waals surface area (Å²) in [5.41, 5.74) is 1.88. The molecule has 0 saturated carbocycles. The van der Waals surface area contributed by atoms with Gasteiger partial charge in [0.2, 0.25) is 0 Å². The van der Waals surface area contributed by atoms with E-state index < -0.39 is 0 Å². The standard InChI is InChI=1S/C19H26N2O3/c22-19-16-6-1-7-18(24-13-14-4-3-9-23-12-14)17(16)11-21(19)15-5-2-8-20-10-15/h1,6-7,14-15,20H,2-5,8-13H2. The summed E-state index contributed by atoms with van der Waals surface area (Å²) in [6, 6.07) is 6.17. The number of carbonyl (C=O) groups is 1. The lowest BCUT2D eigenvalue weighted by Crippen LogP contribution is -2.46. The molecular weight excluding hydrogens is 304 g/mol. The number of hydrogen-bond acceptors (Lipinski definition) is 4. The molecule has 1 aromatic carbocycles. The van der Waals surface area contributed by atoms with Gasteiger partial charge in [0.1, 0.15) is 5.75 Å². The van der Waals surface area contributed by atoms with Crippen molar-refractivity contribution in [2.24, 2.45) is 5.92 Å². The number of benzene rings is 1. The third kappa shape index (κ3) is 3.15. The van der Waals surface area contributed by atoms with Gasteiger partial charge in [-0.2, -0.15) is 0 Å². The summed E-state index contributed by atoms with van der Waals surface area (Å²) in [7, 11) is 0. The van der Waals surface area contributed by atoms with Crippen LogP contribution in [0.4, 0.5) is 0 Å². The zero-order valence-electron chi connectivity index (χ0n) is 14.1. The Kier molecular flexibility index (Phi) is 4.72. The van der Waals surface area contributed by atoms with Crippen molar-refractivity contribution in [3.05, 3.63) is 29.3 Å². The fraction of sp³-hybridized carbons (Fsp3) is 0.632. The molecule has 4 rings (SSSR count). The van der Waals surface area contributed by atoms with Crippen molar-refractivity contribution < 1.29 is 14.3 Å². The second-order valence-electron chi connectivity index (χ2n) is 7.11. The summed E-state index contributed by atoms with van der Waals surface area (Å²) >= 11 is 0. The van der Waals surface area contributed by atoms with Gasteiger partial charge in [0.15, 0.2) is 0 Å². The number of amides is 1. The van der Waals surface area contributed by atoms with Crippen LogP contribution in [0.3, 0.4) is 0 Å². The molecule has 0 aromatic heterocycles. The average molecular weight is 330 g/mol. The Labute approximate surface area is 143 Å². The van der Waals surface area contributed by atoms with Crippen LogP contribution in [-0.2, 0) is 11.3 Å². The van der Waals surface area contributed by atoms with Crippen LogP contribution >= 0.6 is 0 Å². The summed E-state index contributed by atoms with van der Waals surface area (Å²) < 4.78 is 11.6. The smallest absolute Gasteiger partial charge is 0.254 e. The number of hydrogen-bond donors (Lipinski definition) is 1. The molecule has 1 amide bonds. The van der Waals surface area contributed by atoms with Crippen molar-refractivity contribution in [3.8, 4) is 5.75 Å². The Morgan fingerprint density at radius 1 is 1.29 bits per heavy atom. The second-order valence-corrected chi connectivity index (χ2v) is 7.11. The van der Waals surface area contributed by atoms with E-state index in [1.165, 1.54) is 0 Å². The van der Waals surface area contributed by atoms with Gasteiger partial charge in [0.05, 0.1) is 19.8 Å². The number of fused-ring (bicyclic) bond motifs is 1. The first-order valence-corrected chi connectivity index (χ1v) is 9.17. The number of piperidine rings is 1. The minimum Gasteiger partial charge on any atom is -0.493 e. The Bertz CT molecular complexity index is 592. The van der Waals surface area contributed by atoms with Gasteiger partial charge in [-0.25, -0.2) is 0 Å². The lowest BCUT2D eigenvalue weighted by Gasteiger charge is -2.31. The molecule has 3 aliphatic heterocycles. The number of rotatable bonds is 4. The van der Waals surface area contributed by atoms with Gasteiger partial charge in [0.25, 0.3) is 5.91 Å². The SMILES string of the molecule is O=C1c2cccc(OCC3CCCOC3)c2CN1C1CCCNC1. The molecule has 130 valence electrons. The normalized spacial score (nSPS) is 27.2. The minimum atomic E-state index is 0.158. The molecule has 0 bridgehead atoms. The monoisotopic (exact) mass is 330 g/mol. The highest BCUT2D eigenvalue weighted by molar-refractivity contribution is 5.99. The molecule has 3 heterocycles. The first-order chi connectivity index (χ1) is 11.8. The average Bonchev–Trinajstić information content (AvgIpc) is 2.99. The zero-order valence-corrected chi connectivity index (χ0v) is 14.1. The first-order valence-electron chi connectivity index (χ1n) is 9.17. The number of nitrogens with one attached hydrogen (secondary N) is 1. The summed E-state index contributed by atoms with van der Waals surface area (Å²) in [5, 5.41) is 3.40. The van der Waals surface area contributed by atoms with Crippen LogP contribution in [0.1, 0.15) is 41.6 Å². The van der Waals surface area contributed by atoms with Gasteiger partial charge in [-0.15, -0.1) is 0 Å². The molecule has 1 aromatic rings. The summed E-state index contributed by atoms with van der Waals surface area (Å²) in [6.07, 6.45) is 4.49. The van der Waals surface area contributed by atoms with Gasteiger partial charge < -0.3 is 19.7 Å². The topological polar surface area (TPSA) is 50.8 Å². The Morgan fingerprint density at radius 3 is 3.04 bits per heavy atom. The Balaban J connectivity index is 1.46. The van der Waals surface area contributed by atoms with E-state index >= 15 is 0 Å². The first kappa shape index (κ1) is 15.9. The predicted octanol–water partition coefficient (Wildman–Crippen LogP) is 2.20. The molecule has 0 aliphatic carbocycles. The van der Waals surface area contributed by atoms with Gasteiger partial charge in [-0.3, -0.25) is 4.79 Å². The molecule has 2 fully saturated rings. The van der Waals surface area contributed by atoms with Gasteiger partial charge in [0, 0.05) is 36.2 Å². The van der Waals surface area contributed by atoms with E-state index in [4.69, 9.17) is 9.47 Å². The molecule has 5 nitrogen and oxygen atoms in total. The molecule has 0 radical (unpaired) electrons. The van der Waals surface area contributed by atoms with Crippen LogP contribution in [0.5, 0.6) is 5.75 Å². The minimum absolute atomic E-state index is 0.158. The van der Waals surface area contributed by atoms with Crippen molar-refractivity contribution in [1.82, 2.24) is 10.2 Å². The number of ether oxygens (including phenoxy) is 2. The van der Waals surface area contributed by atoms with Crippen LogP contribution in [0.15, 0.2) is 18.2 Å². The molecule has 24 heavy (non-hydrogen) atoms. The highest BCUT2D eigenvalue weighted by atomic mass is 16.5. The maximum atomic E-state index is 12.8. The van der Waals surface area contributed by atoms with Crippen molar-refractivity contribution in [2.75, 3.05) is 32.9 Å². The molecule has 0 spiro atoms. The van der Waals surface area contributed by atoms with E-state index in [2.05, 4.69) is 5.32 Å². The summed E-state index contributed by atoms with van der Waals surface area (Å²) in [5.74, 6) is 1.49. The number of carbonyl (C=O) groups excluding carboxylic acids is 1. The summed E-state index contributed by atoms with van der Waals surface area (Å²) in [6.45, 7) is 4.97. The van der Waals surface area contributed by atoms with E-state index in [0.29, 0.717) is 25.1 Å². The maximum Gasteiger partial charge on any atom is 0.254 e. The quantitative estimate of drug-likeness (QED) is 0.919. The Hall–Kier alpha value is -1.59. The fourth-order valence-corrected chi connectivity index (χ4v) is 4.00. The van der Waals surface area contributed by atoms with E-state index in [1.807, 2.05) is 23.1 Å². The molecule has 2 atom stereocenters. The van der Waals surface area contributed by atoms with Crippen molar-refractivity contribution >= 4 is 5.91 Å². The van der Waals surface area contributed by atoms with Crippen LogP contribution < -0.4 is 10.1 Å². The van der Waals surface area contributed by atoms with Crippen LogP contribution in [0, 0.1) is 5.92 Å². The molecule has 2 saturated heterocycles. The highest BCUT2D eigenvalue weighted by Gasteiger charge is 2.35. The Morgan fingerprint density at radius 2 is 2.25 bits per heavy atom. The third-order valence-corrected chi connectivity index (χ3v) is 5.39. The lowest BCUT2D eigenvalue weighted by atomic mass is 10.0. The van der Waals surface area contributed by atoms with Gasteiger partial charge in [-0.05, 0) is 44.4 Å². The zero-order chi connectivity index (χ0) is 16.4. The second kappa shape index (κ2) is 7.11. The van der Waals surface area contributed by atoms with Crippen molar-refractivity contribution in [1.29, 1.82) is 0 Å². The number of nitrogens with zero attached hydrogens (tertiary/aromatic N) is 1. The van der Waals surface area contributed by atoms with E-state index in [1.54, 1.807) is 0 Å². The third-order valence-electron chi connectivity index (χ3n) is 5.39. The molecule has 2 unspecified atom stereocenters. The molecule has 1 N–H and O–H groups in total. The molecule has 3 aliphatic rings. The van der Waals surface area contributed by atoms with Crippen molar-refractivity contribution in [2.45, 2.75) is 38.3 Å². The van der Waals surface area contributed by atoms with Crippen LogP contribution in [-0.4, -0.2) is 49.8 Å². The van der Waals surface area contributed by atoms with Crippen LogP contribution in [0.25, 0.3) is 0 Å². The largest absolute Gasteiger partial charge is 0.493 e. The molecular formula is C19H26N2O3. The van der Waals surface area contributed by atoms with Gasteiger partial charge in [-0.1, -0.05) is 6.07 Å². The van der Waals surface area contributed by atoms with Crippen LogP contribution in [0.2, 0.25) is 0 Å². The fourth-order valence-electron chi connectivity index (χ4n) is 4.00. The highest BCUT2D eigenvalue weighted by Crippen LogP contribution is 2.33. The maximum absolute atomic E-state index is 12.8. The summed E-state index contributed by atoms with van der Waals surface area (Å²) in [4.78, 5) is 14.8. The van der Waals surface area contributed by atoms with E-state index in [0.717, 1.165) is 68.9 Å². The lowest BCUT2D eigenvalue weighted by molar-refractivity contribution is 0.0349. The predicted molar refractivity (Wildman–Crippen MR) is 91.2 cm³/mol. The molecule has 5 heteroatoms. The van der Waals surface area contributed by atoms with Gasteiger partial charge >= 0.3 is 0 Å². The van der Waals surface area contributed by atoms with Crippen molar-refractivity contribution in [3.63, 3.8) is 0 Å².